The van der Waals surface area contributed by atoms with E-state index in [0.29, 0.717) is 10.2 Å². The zero-order chi connectivity index (χ0) is 9.84. The number of rotatable bonds is 2. The van der Waals surface area contributed by atoms with E-state index in [-0.39, 0.29) is 5.92 Å². The average molecular weight is 216 g/mol. The van der Waals surface area contributed by atoms with Crippen LogP contribution in [0.2, 0.25) is 5.02 Å². The van der Waals surface area contributed by atoms with E-state index in [9.17, 15) is 0 Å². The second-order valence-corrected chi connectivity index (χ2v) is 3.89. The van der Waals surface area contributed by atoms with Gasteiger partial charge in [-0.3, -0.25) is 0 Å². The zero-order valence-corrected chi connectivity index (χ0v) is 9.10. The molecule has 1 aromatic carbocycles. The van der Waals surface area contributed by atoms with E-state index in [4.69, 9.17) is 23.2 Å². The van der Waals surface area contributed by atoms with E-state index >= 15 is 0 Å². The van der Waals surface area contributed by atoms with Crippen molar-refractivity contribution in [2.75, 3.05) is 0 Å². The van der Waals surface area contributed by atoms with E-state index in [1.54, 1.807) is 12.1 Å². The summed E-state index contributed by atoms with van der Waals surface area (Å²) in [6.07, 6.45) is 0. The first-order valence-corrected chi connectivity index (χ1v) is 4.85. The lowest BCUT2D eigenvalue weighted by atomic mass is 10.2. The third-order valence-corrected chi connectivity index (χ3v) is 2.31. The molecule has 0 saturated heterocycles. The van der Waals surface area contributed by atoms with E-state index in [2.05, 4.69) is 4.99 Å². The van der Waals surface area contributed by atoms with Crippen molar-refractivity contribution in [3.05, 3.63) is 29.3 Å². The fourth-order valence-electron chi connectivity index (χ4n) is 0.768. The number of benzene rings is 1. The molecule has 0 aliphatic carbocycles. The fourth-order valence-corrected chi connectivity index (χ4v) is 0.992. The van der Waals surface area contributed by atoms with Crippen LogP contribution in [0.5, 0.6) is 0 Å². The van der Waals surface area contributed by atoms with Crippen molar-refractivity contribution in [1.29, 1.82) is 0 Å². The Bertz CT molecular complexity index is 301. The van der Waals surface area contributed by atoms with Crippen molar-refractivity contribution in [2.24, 2.45) is 10.9 Å². The Hall–Kier alpha value is -0.530. The molecule has 0 unspecified atom stereocenters. The van der Waals surface area contributed by atoms with Gasteiger partial charge in [0.15, 0.2) is 0 Å². The topological polar surface area (TPSA) is 12.4 Å². The van der Waals surface area contributed by atoms with E-state index in [1.807, 2.05) is 26.0 Å². The summed E-state index contributed by atoms with van der Waals surface area (Å²) in [5.41, 5.74) is 0.836. The summed E-state index contributed by atoms with van der Waals surface area (Å²) in [5, 5.41) is 1.32. The molecule has 0 aliphatic heterocycles. The average Bonchev–Trinajstić information content (AvgIpc) is 2.08. The molecule has 1 aromatic rings. The smallest absolute Gasteiger partial charge is 0.109 e. The van der Waals surface area contributed by atoms with Gasteiger partial charge in [-0.2, -0.15) is 0 Å². The molecule has 0 N–H and O–H groups in total. The Morgan fingerprint density at radius 1 is 1.23 bits per heavy atom. The molecule has 0 aliphatic rings. The summed E-state index contributed by atoms with van der Waals surface area (Å²) in [7, 11) is 0. The van der Waals surface area contributed by atoms with Gasteiger partial charge >= 0.3 is 0 Å². The maximum absolute atomic E-state index is 5.91. The Kier molecular flexibility index (Phi) is 3.76. The van der Waals surface area contributed by atoms with Crippen molar-refractivity contribution in [3.63, 3.8) is 0 Å². The Labute approximate surface area is 88.4 Å². The van der Waals surface area contributed by atoms with Gasteiger partial charge in [0.05, 0.1) is 5.69 Å². The standard InChI is InChI=1S/C10H11Cl2N/c1-7(2)10(12)13-9-5-3-8(11)4-6-9/h3-7H,1-2H3. The first-order chi connectivity index (χ1) is 6.09. The van der Waals surface area contributed by atoms with Gasteiger partial charge in [-0.05, 0) is 24.3 Å². The molecule has 0 atom stereocenters. The highest BCUT2D eigenvalue weighted by Crippen LogP contribution is 2.18. The summed E-state index contributed by atoms with van der Waals surface area (Å²) >= 11 is 11.6. The number of halogens is 2. The molecule has 13 heavy (non-hydrogen) atoms. The molecular formula is C10H11Cl2N. The van der Waals surface area contributed by atoms with Crippen LogP contribution < -0.4 is 0 Å². The van der Waals surface area contributed by atoms with Crippen LogP contribution in [-0.4, -0.2) is 5.17 Å². The first-order valence-electron chi connectivity index (χ1n) is 4.09. The maximum Gasteiger partial charge on any atom is 0.109 e. The highest BCUT2D eigenvalue weighted by atomic mass is 35.5. The summed E-state index contributed by atoms with van der Waals surface area (Å²) in [4.78, 5) is 4.22. The SMILES string of the molecule is CC(C)C(Cl)=Nc1ccc(Cl)cc1. The fraction of sp³-hybridized carbons (Fsp3) is 0.300. The van der Waals surface area contributed by atoms with Crippen LogP contribution in [0.4, 0.5) is 5.69 Å². The van der Waals surface area contributed by atoms with Gasteiger partial charge < -0.3 is 0 Å². The second kappa shape index (κ2) is 4.64. The predicted octanol–water partition coefficient (Wildman–Crippen LogP) is 4.26. The lowest BCUT2D eigenvalue weighted by molar-refractivity contribution is 0.899. The minimum absolute atomic E-state index is 0.261. The van der Waals surface area contributed by atoms with Gasteiger partial charge in [-0.15, -0.1) is 0 Å². The van der Waals surface area contributed by atoms with Crippen molar-refractivity contribution < 1.29 is 0 Å². The van der Waals surface area contributed by atoms with Gasteiger partial charge in [0.25, 0.3) is 0 Å². The minimum atomic E-state index is 0.261. The Morgan fingerprint density at radius 2 is 1.77 bits per heavy atom. The molecule has 0 spiro atoms. The zero-order valence-electron chi connectivity index (χ0n) is 7.59. The maximum atomic E-state index is 5.91. The van der Waals surface area contributed by atoms with Crippen molar-refractivity contribution in [1.82, 2.24) is 0 Å². The molecule has 0 fully saturated rings. The molecule has 0 saturated carbocycles. The summed E-state index contributed by atoms with van der Waals surface area (Å²) in [5.74, 6) is 0.261. The highest BCUT2D eigenvalue weighted by molar-refractivity contribution is 6.66. The number of hydrogen-bond donors (Lipinski definition) is 0. The molecular weight excluding hydrogens is 205 g/mol. The predicted molar refractivity (Wildman–Crippen MR) is 59.2 cm³/mol. The molecule has 70 valence electrons. The summed E-state index contributed by atoms with van der Waals surface area (Å²) in [6, 6.07) is 7.27. The van der Waals surface area contributed by atoms with Crippen molar-refractivity contribution in [2.45, 2.75) is 13.8 Å². The molecule has 1 nitrogen and oxygen atoms in total. The van der Waals surface area contributed by atoms with Crippen LogP contribution in [-0.2, 0) is 0 Å². The van der Waals surface area contributed by atoms with E-state index < -0.39 is 0 Å². The quantitative estimate of drug-likeness (QED) is 0.654. The third kappa shape index (κ3) is 3.37. The van der Waals surface area contributed by atoms with Crippen molar-refractivity contribution >= 4 is 34.1 Å². The molecule has 3 heteroatoms. The van der Waals surface area contributed by atoms with Gasteiger partial charge in [-0.25, -0.2) is 4.99 Å². The van der Waals surface area contributed by atoms with Gasteiger partial charge in [-0.1, -0.05) is 37.0 Å². The normalized spacial score (nSPS) is 12.2. The summed E-state index contributed by atoms with van der Waals surface area (Å²) < 4.78 is 0. The van der Waals surface area contributed by atoms with Crippen LogP contribution in [0.15, 0.2) is 29.3 Å². The van der Waals surface area contributed by atoms with Crippen LogP contribution >= 0.6 is 23.2 Å². The minimum Gasteiger partial charge on any atom is -0.241 e. The van der Waals surface area contributed by atoms with Gasteiger partial charge in [0.2, 0.25) is 0 Å². The van der Waals surface area contributed by atoms with Crippen LogP contribution in [0, 0.1) is 5.92 Å². The Balaban J connectivity index is 2.85. The van der Waals surface area contributed by atoms with E-state index in [1.165, 1.54) is 0 Å². The molecule has 0 bridgehead atoms. The van der Waals surface area contributed by atoms with Crippen LogP contribution in [0.25, 0.3) is 0 Å². The number of aliphatic imine (C=N–C) groups is 1. The molecule has 0 amide bonds. The van der Waals surface area contributed by atoms with Gasteiger partial charge in [0.1, 0.15) is 5.17 Å². The molecule has 1 rings (SSSR count). The highest BCUT2D eigenvalue weighted by Gasteiger charge is 2.00. The largest absolute Gasteiger partial charge is 0.241 e. The third-order valence-electron chi connectivity index (χ3n) is 1.54. The lowest BCUT2D eigenvalue weighted by Gasteiger charge is -2.01. The summed E-state index contributed by atoms with van der Waals surface area (Å²) in [6.45, 7) is 4.00. The molecule has 0 aromatic heterocycles. The van der Waals surface area contributed by atoms with Crippen LogP contribution in [0.3, 0.4) is 0 Å². The monoisotopic (exact) mass is 215 g/mol. The van der Waals surface area contributed by atoms with E-state index in [0.717, 1.165) is 5.69 Å². The molecule has 0 heterocycles. The van der Waals surface area contributed by atoms with Crippen molar-refractivity contribution in [3.8, 4) is 0 Å². The Morgan fingerprint density at radius 3 is 2.23 bits per heavy atom. The second-order valence-electron chi connectivity index (χ2n) is 3.07. The van der Waals surface area contributed by atoms with Gasteiger partial charge in [0, 0.05) is 10.9 Å². The number of hydrogen-bond acceptors (Lipinski definition) is 1. The number of nitrogens with zero attached hydrogens (tertiary/aromatic N) is 1. The first kappa shape index (κ1) is 10.6. The lowest BCUT2D eigenvalue weighted by Crippen LogP contribution is -1.96. The van der Waals surface area contributed by atoms with Crippen LogP contribution in [0.1, 0.15) is 13.8 Å². The molecule has 0 radical (unpaired) electrons.